The highest BCUT2D eigenvalue weighted by molar-refractivity contribution is 7.89. The maximum absolute atomic E-state index is 12.6. The molecule has 27 heavy (non-hydrogen) atoms. The molecule has 2 N–H and O–H groups in total. The van der Waals surface area contributed by atoms with Crippen molar-refractivity contribution in [1.82, 2.24) is 4.90 Å². The minimum Gasteiger partial charge on any atom is -0.338 e. The fraction of sp³-hybridized carbons (Fsp3) is 0.381. The smallest absolute Gasteiger partial charge is 0.238 e. The van der Waals surface area contributed by atoms with Crippen LogP contribution in [0.25, 0.3) is 0 Å². The zero-order valence-corrected chi connectivity index (χ0v) is 16.7. The van der Waals surface area contributed by atoms with E-state index in [1.165, 1.54) is 22.8 Å². The number of hydrogen-bond donors (Lipinski definition) is 1. The number of amides is 1. The SMILES string of the molecule is Cc1ccc(CCCC(=O)N2CCc3ccc(S(N)(=O)=O)cc3C2)cc1C. The Labute approximate surface area is 161 Å². The molecule has 1 aliphatic heterocycles. The Bertz CT molecular complexity index is 967. The summed E-state index contributed by atoms with van der Waals surface area (Å²) in [6.07, 6.45) is 2.93. The number of rotatable bonds is 5. The maximum Gasteiger partial charge on any atom is 0.238 e. The second-order valence-corrected chi connectivity index (χ2v) is 8.87. The number of sulfonamides is 1. The highest BCUT2D eigenvalue weighted by atomic mass is 32.2. The van der Waals surface area contributed by atoms with Crippen molar-refractivity contribution in [2.75, 3.05) is 6.54 Å². The first-order valence-electron chi connectivity index (χ1n) is 9.22. The number of aryl methyl sites for hydroxylation is 3. The van der Waals surface area contributed by atoms with Gasteiger partial charge in [0.25, 0.3) is 0 Å². The predicted octanol–water partition coefficient (Wildman–Crippen LogP) is 2.86. The average molecular weight is 387 g/mol. The predicted molar refractivity (Wildman–Crippen MR) is 106 cm³/mol. The molecule has 0 saturated heterocycles. The number of carbonyl (C=O) groups is 1. The van der Waals surface area contributed by atoms with Gasteiger partial charge >= 0.3 is 0 Å². The molecule has 0 aromatic heterocycles. The van der Waals surface area contributed by atoms with Crippen molar-refractivity contribution < 1.29 is 13.2 Å². The van der Waals surface area contributed by atoms with Crippen LogP contribution in [0.2, 0.25) is 0 Å². The molecule has 0 aliphatic carbocycles. The van der Waals surface area contributed by atoms with Crippen LogP contribution in [-0.4, -0.2) is 25.8 Å². The number of carbonyl (C=O) groups excluding carboxylic acids is 1. The van der Waals surface area contributed by atoms with E-state index < -0.39 is 10.0 Å². The average Bonchev–Trinajstić information content (AvgIpc) is 2.63. The van der Waals surface area contributed by atoms with Gasteiger partial charge in [-0.1, -0.05) is 24.3 Å². The Morgan fingerprint density at radius 3 is 2.56 bits per heavy atom. The molecule has 1 amide bonds. The van der Waals surface area contributed by atoms with Crippen LogP contribution in [0.5, 0.6) is 0 Å². The van der Waals surface area contributed by atoms with Gasteiger partial charge in [0.15, 0.2) is 0 Å². The molecule has 2 aromatic rings. The van der Waals surface area contributed by atoms with Crippen molar-refractivity contribution in [3.8, 4) is 0 Å². The van der Waals surface area contributed by atoms with E-state index in [1.807, 2.05) is 4.90 Å². The van der Waals surface area contributed by atoms with Gasteiger partial charge in [0.2, 0.25) is 15.9 Å². The minimum absolute atomic E-state index is 0.102. The molecule has 0 atom stereocenters. The first kappa shape index (κ1) is 19.6. The van der Waals surface area contributed by atoms with E-state index in [2.05, 4.69) is 32.0 Å². The summed E-state index contributed by atoms with van der Waals surface area (Å²) >= 11 is 0. The zero-order chi connectivity index (χ0) is 19.6. The molecule has 0 saturated carbocycles. The maximum atomic E-state index is 12.6. The molecule has 1 aliphatic rings. The van der Waals surface area contributed by atoms with Crippen molar-refractivity contribution in [3.63, 3.8) is 0 Å². The first-order chi connectivity index (χ1) is 12.7. The zero-order valence-electron chi connectivity index (χ0n) is 15.9. The quantitative estimate of drug-likeness (QED) is 0.858. The minimum atomic E-state index is -3.73. The van der Waals surface area contributed by atoms with Gasteiger partial charge in [-0.15, -0.1) is 0 Å². The summed E-state index contributed by atoms with van der Waals surface area (Å²) in [7, 11) is -3.73. The third-order valence-electron chi connectivity index (χ3n) is 5.30. The fourth-order valence-electron chi connectivity index (χ4n) is 3.48. The van der Waals surface area contributed by atoms with Crippen molar-refractivity contribution in [2.24, 2.45) is 5.14 Å². The third kappa shape index (κ3) is 4.76. The van der Waals surface area contributed by atoms with Gasteiger partial charge in [0.1, 0.15) is 0 Å². The molecule has 0 unspecified atom stereocenters. The van der Waals surface area contributed by atoms with Crippen molar-refractivity contribution in [1.29, 1.82) is 0 Å². The van der Waals surface area contributed by atoms with Crippen LogP contribution in [0.3, 0.4) is 0 Å². The molecule has 3 rings (SSSR count). The first-order valence-corrected chi connectivity index (χ1v) is 10.8. The molecule has 2 aromatic carbocycles. The topological polar surface area (TPSA) is 80.5 Å². The van der Waals surface area contributed by atoms with Crippen molar-refractivity contribution >= 4 is 15.9 Å². The third-order valence-corrected chi connectivity index (χ3v) is 6.21. The number of fused-ring (bicyclic) bond motifs is 1. The summed E-state index contributed by atoms with van der Waals surface area (Å²) in [6, 6.07) is 11.4. The number of hydrogen-bond acceptors (Lipinski definition) is 3. The number of nitrogens with two attached hydrogens (primary N) is 1. The standard InChI is InChI=1S/C21H26N2O3S/c1-15-6-7-17(12-16(15)2)4-3-5-21(24)23-11-10-18-8-9-20(27(22,25)26)13-19(18)14-23/h6-9,12-13H,3-5,10-11,14H2,1-2H3,(H2,22,25,26). The number of primary sulfonamides is 1. The van der Waals surface area contributed by atoms with Crippen LogP contribution >= 0.6 is 0 Å². The second-order valence-electron chi connectivity index (χ2n) is 7.31. The van der Waals surface area contributed by atoms with Gasteiger partial charge in [0, 0.05) is 19.5 Å². The molecule has 0 fully saturated rings. The summed E-state index contributed by atoms with van der Waals surface area (Å²) in [6.45, 7) is 5.31. The Balaban J connectivity index is 1.59. The largest absolute Gasteiger partial charge is 0.338 e. The van der Waals surface area contributed by atoms with E-state index in [0.717, 1.165) is 30.4 Å². The lowest BCUT2D eigenvalue weighted by Crippen LogP contribution is -2.36. The van der Waals surface area contributed by atoms with E-state index in [-0.39, 0.29) is 10.8 Å². The lowest BCUT2D eigenvalue weighted by Gasteiger charge is -2.29. The van der Waals surface area contributed by atoms with Gasteiger partial charge in [-0.2, -0.15) is 0 Å². The Morgan fingerprint density at radius 2 is 1.85 bits per heavy atom. The highest BCUT2D eigenvalue weighted by Gasteiger charge is 2.22. The lowest BCUT2D eigenvalue weighted by molar-refractivity contribution is -0.132. The normalized spacial score (nSPS) is 14.1. The Hall–Kier alpha value is -2.18. The highest BCUT2D eigenvalue weighted by Crippen LogP contribution is 2.23. The van der Waals surface area contributed by atoms with E-state index in [4.69, 9.17) is 5.14 Å². The van der Waals surface area contributed by atoms with Crippen molar-refractivity contribution in [2.45, 2.75) is 51.0 Å². The summed E-state index contributed by atoms with van der Waals surface area (Å²) in [4.78, 5) is 14.5. The summed E-state index contributed by atoms with van der Waals surface area (Å²) in [5, 5.41) is 5.22. The van der Waals surface area contributed by atoms with Crippen LogP contribution in [0.15, 0.2) is 41.3 Å². The Kier molecular flexibility index (Phi) is 5.67. The van der Waals surface area contributed by atoms with Crippen LogP contribution in [0.4, 0.5) is 0 Å². The molecule has 6 heteroatoms. The molecular weight excluding hydrogens is 360 g/mol. The molecule has 0 radical (unpaired) electrons. The van der Waals surface area contributed by atoms with E-state index in [0.29, 0.717) is 19.5 Å². The van der Waals surface area contributed by atoms with E-state index in [1.54, 1.807) is 12.1 Å². The van der Waals surface area contributed by atoms with Gasteiger partial charge in [-0.05, 0) is 73.1 Å². The van der Waals surface area contributed by atoms with E-state index in [9.17, 15) is 13.2 Å². The number of nitrogens with zero attached hydrogens (tertiary/aromatic N) is 1. The lowest BCUT2D eigenvalue weighted by atomic mass is 9.99. The second kappa shape index (κ2) is 7.82. The monoisotopic (exact) mass is 386 g/mol. The molecule has 1 heterocycles. The van der Waals surface area contributed by atoms with Crippen LogP contribution in [0.1, 0.15) is 40.7 Å². The molecule has 144 valence electrons. The van der Waals surface area contributed by atoms with Crippen LogP contribution in [-0.2, 0) is 34.2 Å². The van der Waals surface area contributed by atoms with Gasteiger partial charge in [-0.3, -0.25) is 4.79 Å². The molecule has 0 bridgehead atoms. The molecule has 5 nitrogen and oxygen atoms in total. The fourth-order valence-corrected chi connectivity index (χ4v) is 4.05. The van der Waals surface area contributed by atoms with Crippen molar-refractivity contribution in [3.05, 3.63) is 64.2 Å². The molecule has 0 spiro atoms. The Morgan fingerprint density at radius 1 is 1.07 bits per heavy atom. The summed E-state index contributed by atoms with van der Waals surface area (Å²) < 4.78 is 23.1. The summed E-state index contributed by atoms with van der Waals surface area (Å²) in [5.74, 6) is 0.116. The van der Waals surface area contributed by atoms with Gasteiger partial charge in [-0.25, -0.2) is 13.6 Å². The van der Waals surface area contributed by atoms with Gasteiger partial charge < -0.3 is 4.90 Å². The summed E-state index contributed by atoms with van der Waals surface area (Å²) in [5.41, 5.74) is 5.77. The van der Waals surface area contributed by atoms with Crippen LogP contribution < -0.4 is 5.14 Å². The number of benzene rings is 2. The van der Waals surface area contributed by atoms with Gasteiger partial charge in [0.05, 0.1) is 4.90 Å². The van der Waals surface area contributed by atoms with E-state index >= 15 is 0 Å². The van der Waals surface area contributed by atoms with Crippen LogP contribution in [0, 0.1) is 13.8 Å². The molecular formula is C21H26N2O3S.